The van der Waals surface area contributed by atoms with Crippen molar-refractivity contribution in [2.75, 3.05) is 18.8 Å². The smallest absolute Gasteiger partial charge is 0.262 e. The molecule has 7 nitrogen and oxygen atoms in total. The normalized spacial score (nSPS) is 15.3. The fourth-order valence-corrected chi connectivity index (χ4v) is 4.13. The molecule has 1 aromatic carbocycles. The quantitative estimate of drug-likeness (QED) is 0.627. The van der Waals surface area contributed by atoms with Crippen molar-refractivity contribution in [2.24, 2.45) is 11.7 Å². The second kappa shape index (κ2) is 7.90. The van der Waals surface area contributed by atoms with E-state index in [2.05, 4.69) is 4.98 Å². The number of amides is 2. The summed E-state index contributed by atoms with van der Waals surface area (Å²) in [6.07, 6.45) is 1.22. The molecule has 0 atom stereocenters. The highest BCUT2D eigenvalue weighted by Crippen LogP contribution is 2.21. The topological polar surface area (TPSA) is 98.3 Å². The van der Waals surface area contributed by atoms with Crippen LogP contribution in [0.25, 0.3) is 10.9 Å². The van der Waals surface area contributed by atoms with E-state index in [1.54, 1.807) is 21.6 Å². The Kier molecular flexibility index (Phi) is 5.61. The largest absolute Gasteiger partial charge is 0.369 e. The number of hydrogen-bond acceptors (Lipinski definition) is 5. The first-order valence-corrected chi connectivity index (χ1v) is 9.69. The molecule has 1 aliphatic rings. The van der Waals surface area contributed by atoms with E-state index >= 15 is 0 Å². The average Bonchev–Trinajstić information content (AvgIpc) is 2.66. The molecule has 0 spiro atoms. The molecule has 1 aliphatic heterocycles. The standard InChI is InChI=1S/C18H22N4O3S/c1-2-22-17(25)13-5-3-4-6-14(13)20-18(22)26-11-15(23)21-9-7-12(8-10-21)16(19)24/h3-6,12H,2,7-11H2,1H3,(H2,19,24). The number of piperidine rings is 1. The van der Waals surface area contributed by atoms with Gasteiger partial charge in [-0.1, -0.05) is 23.9 Å². The van der Waals surface area contributed by atoms with Crippen LogP contribution in [0.15, 0.2) is 34.2 Å². The molecule has 3 rings (SSSR count). The number of thioether (sulfide) groups is 1. The number of carbonyl (C=O) groups is 2. The number of fused-ring (bicyclic) bond motifs is 1. The number of likely N-dealkylation sites (tertiary alicyclic amines) is 1. The minimum Gasteiger partial charge on any atom is -0.369 e. The molecule has 2 amide bonds. The van der Waals surface area contributed by atoms with Gasteiger partial charge in [0.2, 0.25) is 11.8 Å². The summed E-state index contributed by atoms with van der Waals surface area (Å²) < 4.78 is 1.60. The van der Waals surface area contributed by atoms with Gasteiger partial charge in [0.25, 0.3) is 5.56 Å². The van der Waals surface area contributed by atoms with Crippen molar-refractivity contribution in [3.8, 4) is 0 Å². The minimum absolute atomic E-state index is 0.0111. The lowest BCUT2D eigenvalue weighted by atomic mass is 9.96. The molecule has 0 aliphatic carbocycles. The lowest BCUT2D eigenvalue weighted by Gasteiger charge is -2.30. The van der Waals surface area contributed by atoms with Crippen molar-refractivity contribution >= 4 is 34.5 Å². The van der Waals surface area contributed by atoms with Gasteiger partial charge in [0.1, 0.15) is 0 Å². The first kappa shape index (κ1) is 18.4. The number of hydrogen-bond donors (Lipinski definition) is 1. The Morgan fingerprint density at radius 1 is 1.27 bits per heavy atom. The van der Waals surface area contributed by atoms with Crippen molar-refractivity contribution < 1.29 is 9.59 Å². The Labute approximate surface area is 155 Å². The van der Waals surface area contributed by atoms with Crippen molar-refractivity contribution in [3.63, 3.8) is 0 Å². The van der Waals surface area contributed by atoms with Gasteiger partial charge in [-0.05, 0) is 31.9 Å². The van der Waals surface area contributed by atoms with Gasteiger partial charge in [-0.25, -0.2) is 4.98 Å². The van der Waals surface area contributed by atoms with Crippen molar-refractivity contribution in [3.05, 3.63) is 34.6 Å². The van der Waals surface area contributed by atoms with Crippen LogP contribution in [0.1, 0.15) is 19.8 Å². The molecule has 138 valence electrons. The third kappa shape index (κ3) is 3.75. The zero-order valence-electron chi connectivity index (χ0n) is 14.7. The first-order valence-electron chi connectivity index (χ1n) is 8.70. The number of benzene rings is 1. The Bertz CT molecular complexity index is 888. The van der Waals surface area contributed by atoms with E-state index in [4.69, 9.17) is 5.73 Å². The predicted molar refractivity (Wildman–Crippen MR) is 101 cm³/mol. The lowest BCUT2D eigenvalue weighted by Crippen LogP contribution is -2.42. The maximum Gasteiger partial charge on any atom is 0.262 e. The average molecular weight is 374 g/mol. The van der Waals surface area contributed by atoms with Crippen LogP contribution in [0.2, 0.25) is 0 Å². The summed E-state index contributed by atoms with van der Waals surface area (Å²) in [4.78, 5) is 42.6. The molecular weight excluding hydrogens is 352 g/mol. The molecule has 0 bridgehead atoms. The molecule has 0 saturated carbocycles. The monoisotopic (exact) mass is 374 g/mol. The minimum atomic E-state index is -0.293. The van der Waals surface area contributed by atoms with Crippen molar-refractivity contribution in [2.45, 2.75) is 31.5 Å². The molecule has 8 heteroatoms. The summed E-state index contributed by atoms with van der Waals surface area (Å²) in [5.74, 6) is -0.229. The van der Waals surface area contributed by atoms with Gasteiger partial charge in [0.15, 0.2) is 5.16 Å². The number of para-hydroxylation sites is 1. The number of aromatic nitrogens is 2. The highest BCUT2D eigenvalue weighted by Gasteiger charge is 2.26. The molecule has 1 aromatic heterocycles. The highest BCUT2D eigenvalue weighted by atomic mass is 32.2. The molecule has 2 aromatic rings. The Hall–Kier alpha value is -2.35. The Morgan fingerprint density at radius 3 is 2.62 bits per heavy atom. The van der Waals surface area contributed by atoms with E-state index < -0.39 is 0 Å². The van der Waals surface area contributed by atoms with Crippen LogP contribution in [0.4, 0.5) is 0 Å². The number of primary amides is 1. The Morgan fingerprint density at radius 2 is 1.96 bits per heavy atom. The van der Waals surface area contributed by atoms with Crippen LogP contribution >= 0.6 is 11.8 Å². The van der Waals surface area contributed by atoms with Gasteiger partial charge in [-0.15, -0.1) is 0 Å². The lowest BCUT2D eigenvalue weighted by molar-refractivity contribution is -0.132. The molecule has 2 N–H and O–H groups in total. The van der Waals surface area contributed by atoms with E-state index in [0.717, 1.165) is 0 Å². The van der Waals surface area contributed by atoms with E-state index in [-0.39, 0.29) is 29.0 Å². The molecular formula is C18H22N4O3S. The second-order valence-corrected chi connectivity index (χ2v) is 7.25. The zero-order valence-corrected chi connectivity index (χ0v) is 15.5. The number of nitrogens with two attached hydrogens (primary N) is 1. The summed E-state index contributed by atoms with van der Waals surface area (Å²) >= 11 is 1.28. The molecule has 26 heavy (non-hydrogen) atoms. The van der Waals surface area contributed by atoms with Gasteiger partial charge in [0.05, 0.1) is 16.7 Å². The van der Waals surface area contributed by atoms with Gasteiger partial charge < -0.3 is 10.6 Å². The van der Waals surface area contributed by atoms with E-state index in [1.807, 2.05) is 19.1 Å². The van der Waals surface area contributed by atoms with Gasteiger partial charge in [-0.2, -0.15) is 0 Å². The van der Waals surface area contributed by atoms with Crippen molar-refractivity contribution in [1.82, 2.24) is 14.5 Å². The molecule has 0 unspecified atom stereocenters. The molecule has 2 heterocycles. The van der Waals surface area contributed by atoms with Crippen LogP contribution in [-0.4, -0.2) is 45.1 Å². The van der Waals surface area contributed by atoms with E-state index in [1.165, 1.54) is 11.8 Å². The third-order valence-corrected chi connectivity index (χ3v) is 5.68. The summed E-state index contributed by atoms with van der Waals surface area (Å²) in [6.45, 7) is 3.47. The van der Waals surface area contributed by atoms with Crippen LogP contribution < -0.4 is 11.3 Å². The van der Waals surface area contributed by atoms with Gasteiger partial charge in [0, 0.05) is 25.6 Å². The summed E-state index contributed by atoms with van der Waals surface area (Å²) in [5, 5.41) is 1.13. The second-order valence-electron chi connectivity index (χ2n) is 6.31. The van der Waals surface area contributed by atoms with Crippen LogP contribution in [0, 0.1) is 5.92 Å². The Balaban J connectivity index is 1.71. The molecule has 0 radical (unpaired) electrons. The fourth-order valence-electron chi connectivity index (χ4n) is 3.17. The van der Waals surface area contributed by atoms with E-state index in [0.29, 0.717) is 48.5 Å². The van der Waals surface area contributed by atoms with Crippen LogP contribution in [-0.2, 0) is 16.1 Å². The number of carbonyl (C=O) groups excluding carboxylic acids is 2. The van der Waals surface area contributed by atoms with Crippen LogP contribution in [0.5, 0.6) is 0 Å². The fraction of sp³-hybridized carbons (Fsp3) is 0.444. The number of nitrogens with zero attached hydrogens (tertiary/aromatic N) is 3. The summed E-state index contributed by atoms with van der Waals surface area (Å²) in [7, 11) is 0. The van der Waals surface area contributed by atoms with Gasteiger partial charge >= 0.3 is 0 Å². The maximum absolute atomic E-state index is 12.6. The third-order valence-electron chi connectivity index (χ3n) is 4.72. The van der Waals surface area contributed by atoms with Gasteiger partial charge in [-0.3, -0.25) is 19.0 Å². The zero-order chi connectivity index (χ0) is 18.7. The highest BCUT2D eigenvalue weighted by molar-refractivity contribution is 7.99. The SMILES string of the molecule is CCn1c(SCC(=O)N2CCC(C(N)=O)CC2)nc2ccccc2c1=O. The summed E-state index contributed by atoms with van der Waals surface area (Å²) in [6, 6.07) is 7.22. The predicted octanol–water partition coefficient (Wildman–Crippen LogP) is 1.23. The van der Waals surface area contributed by atoms with E-state index in [9.17, 15) is 14.4 Å². The molecule has 1 saturated heterocycles. The maximum atomic E-state index is 12.6. The van der Waals surface area contributed by atoms with Crippen LogP contribution in [0.3, 0.4) is 0 Å². The summed E-state index contributed by atoms with van der Waals surface area (Å²) in [5.41, 5.74) is 5.88. The number of rotatable bonds is 5. The first-order chi connectivity index (χ1) is 12.5. The van der Waals surface area contributed by atoms with Crippen molar-refractivity contribution in [1.29, 1.82) is 0 Å². The molecule has 1 fully saturated rings.